The van der Waals surface area contributed by atoms with Gasteiger partial charge < -0.3 is 10.5 Å². The lowest BCUT2D eigenvalue weighted by Gasteiger charge is -2.45. The van der Waals surface area contributed by atoms with E-state index in [1.165, 1.54) is 35.5 Å². The highest BCUT2D eigenvalue weighted by molar-refractivity contribution is 7.99. The average molecular weight is 292 g/mol. The summed E-state index contributed by atoms with van der Waals surface area (Å²) < 4.78 is 6.17. The summed E-state index contributed by atoms with van der Waals surface area (Å²) in [6.45, 7) is 2.99. The van der Waals surface area contributed by atoms with Gasteiger partial charge in [0, 0.05) is 25.0 Å². The molecule has 3 nitrogen and oxygen atoms in total. The molecule has 2 fully saturated rings. The van der Waals surface area contributed by atoms with Crippen LogP contribution in [0.2, 0.25) is 0 Å². The standard InChI is InChI=1S/C16H24N2OS/c1-12-2-6-18-11-14(12)15(17)13-3-7-19-16(10-13)4-8-20-9-5-16/h2,6,11,13,15H,3-5,7-10,17H2,1H3. The van der Waals surface area contributed by atoms with Crippen molar-refractivity contribution in [1.29, 1.82) is 0 Å². The summed E-state index contributed by atoms with van der Waals surface area (Å²) in [6.07, 6.45) is 8.35. The number of thioether (sulfide) groups is 1. The Hall–Kier alpha value is -0.580. The van der Waals surface area contributed by atoms with Crippen LogP contribution in [-0.4, -0.2) is 28.7 Å². The number of aryl methyl sites for hydroxylation is 1. The number of rotatable bonds is 2. The van der Waals surface area contributed by atoms with Crippen molar-refractivity contribution in [2.24, 2.45) is 11.7 Å². The van der Waals surface area contributed by atoms with Gasteiger partial charge in [-0.3, -0.25) is 4.98 Å². The van der Waals surface area contributed by atoms with E-state index in [1.54, 1.807) is 0 Å². The van der Waals surface area contributed by atoms with E-state index in [0.29, 0.717) is 5.92 Å². The molecule has 0 bridgehead atoms. The number of pyridine rings is 1. The number of nitrogens with two attached hydrogens (primary N) is 1. The highest BCUT2D eigenvalue weighted by atomic mass is 32.2. The van der Waals surface area contributed by atoms with E-state index >= 15 is 0 Å². The second-order valence-corrected chi connectivity index (χ2v) is 7.38. The molecule has 3 rings (SSSR count). The zero-order valence-electron chi connectivity index (χ0n) is 12.2. The summed E-state index contributed by atoms with van der Waals surface area (Å²) in [5, 5.41) is 0. The Morgan fingerprint density at radius 1 is 1.45 bits per heavy atom. The van der Waals surface area contributed by atoms with Crippen LogP contribution in [0.15, 0.2) is 18.5 Å². The second-order valence-electron chi connectivity index (χ2n) is 6.15. The third-order valence-electron chi connectivity index (χ3n) is 4.88. The lowest BCUT2D eigenvalue weighted by molar-refractivity contribution is -0.105. The minimum atomic E-state index is 0.0963. The van der Waals surface area contributed by atoms with E-state index < -0.39 is 0 Å². The Labute approximate surface area is 125 Å². The molecule has 20 heavy (non-hydrogen) atoms. The quantitative estimate of drug-likeness (QED) is 0.910. The fourth-order valence-corrected chi connectivity index (χ4v) is 4.78. The molecule has 0 radical (unpaired) electrons. The molecule has 0 amide bonds. The van der Waals surface area contributed by atoms with Gasteiger partial charge in [0.25, 0.3) is 0 Å². The predicted octanol–water partition coefficient (Wildman–Crippen LogP) is 3.08. The first-order valence-corrected chi connectivity index (χ1v) is 8.73. The maximum atomic E-state index is 6.56. The van der Waals surface area contributed by atoms with E-state index in [0.717, 1.165) is 19.4 Å². The third-order valence-corrected chi connectivity index (χ3v) is 5.87. The Morgan fingerprint density at radius 2 is 2.25 bits per heavy atom. The van der Waals surface area contributed by atoms with Crippen LogP contribution >= 0.6 is 11.8 Å². The van der Waals surface area contributed by atoms with Crippen molar-refractivity contribution in [2.75, 3.05) is 18.1 Å². The molecule has 2 atom stereocenters. The Bertz CT molecular complexity index is 454. The van der Waals surface area contributed by atoms with Gasteiger partial charge in [-0.05, 0) is 67.2 Å². The van der Waals surface area contributed by atoms with E-state index in [1.807, 2.05) is 24.2 Å². The molecule has 0 aliphatic carbocycles. The monoisotopic (exact) mass is 292 g/mol. The van der Waals surface area contributed by atoms with Crippen LogP contribution in [0, 0.1) is 12.8 Å². The zero-order chi connectivity index (χ0) is 14.0. The molecule has 2 unspecified atom stereocenters. The van der Waals surface area contributed by atoms with Gasteiger partial charge in [0.1, 0.15) is 0 Å². The topological polar surface area (TPSA) is 48.1 Å². The first kappa shape index (κ1) is 14.4. The number of nitrogens with zero attached hydrogens (tertiary/aromatic N) is 1. The molecule has 0 saturated carbocycles. The molecule has 0 aromatic carbocycles. The second kappa shape index (κ2) is 6.04. The molecule has 4 heteroatoms. The Balaban J connectivity index is 1.75. The molecular weight excluding hydrogens is 268 g/mol. The van der Waals surface area contributed by atoms with Gasteiger partial charge >= 0.3 is 0 Å². The van der Waals surface area contributed by atoms with Crippen LogP contribution in [0.3, 0.4) is 0 Å². The maximum absolute atomic E-state index is 6.56. The van der Waals surface area contributed by atoms with Crippen LogP contribution in [-0.2, 0) is 4.74 Å². The van der Waals surface area contributed by atoms with E-state index in [4.69, 9.17) is 10.5 Å². The van der Waals surface area contributed by atoms with Crippen molar-refractivity contribution in [2.45, 2.75) is 44.2 Å². The van der Waals surface area contributed by atoms with Gasteiger partial charge in [-0.25, -0.2) is 0 Å². The summed E-state index contributed by atoms with van der Waals surface area (Å²) in [6, 6.07) is 2.15. The summed E-state index contributed by atoms with van der Waals surface area (Å²) >= 11 is 2.05. The average Bonchev–Trinajstić information content (AvgIpc) is 2.48. The maximum Gasteiger partial charge on any atom is 0.0701 e. The molecular formula is C16H24N2OS. The van der Waals surface area contributed by atoms with Crippen molar-refractivity contribution < 1.29 is 4.74 Å². The summed E-state index contributed by atoms with van der Waals surface area (Å²) in [5.41, 5.74) is 9.14. The first-order valence-electron chi connectivity index (χ1n) is 7.58. The Kier molecular flexibility index (Phi) is 4.34. The van der Waals surface area contributed by atoms with Crippen molar-refractivity contribution >= 4 is 11.8 Å². The van der Waals surface area contributed by atoms with Crippen LogP contribution in [0.4, 0.5) is 0 Å². The summed E-state index contributed by atoms with van der Waals surface area (Å²) in [5.74, 6) is 2.98. The summed E-state index contributed by atoms with van der Waals surface area (Å²) in [4.78, 5) is 4.25. The van der Waals surface area contributed by atoms with Gasteiger partial charge in [0.15, 0.2) is 0 Å². The Morgan fingerprint density at radius 3 is 3.00 bits per heavy atom. The lowest BCUT2D eigenvalue weighted by Crippen LogP contribution is -2.45. The van der Waals surface area contributed by atoms with E-state index in [2.05, 4.69) is 18.0 Å². The molecule has 2 aliphatic rings. The predicted molar refractivity (Wildman–Crippen MR) is 83.9 cm³/mol. The highest BCUT2D eigenvalue weighted by Crippen LogP contribution is 2.43. The van der Waals surface area contributed by atoms with Crippen LogP contribution < -0.4 is 5.73 Å². The van der Waals surface area contributed by atoms with Crippen molar-refractivity contribution in [3.8, 4) is 0 Å². The normalized spacial score (nSPS) is 27.4. The zero-order valence-corrected chi connectivity index (χ0v) is 13.0. The smallest absolute Gasteiger partial charge is 0.0701 e. The van der Waals surface area contributed by atoms with Gasteiger partial charge in [0.05, 0.1) is 5.60 Å². The number of hydrogen-bond acceptors (Lipinski definition) is 4. The molecule has 2 N–H and O–H groups in total. The minimum Gasteiger partial charge on any atom is -0.375 e. The fourth-order valence-electron chi connectivity index (χ4n) is 3.54. The SMILES string of the molecule is Cc1ccncc1C(N)C1CCOC2(CCSCC2)C1. The molecule has 2 aliphatic heterocycles. The molecule has 1 aromatic heterocycles. The van der Waals surface area contributed by atoms with E-state index in [9.17, 15) is 0 Å². The van der Waals surface area contributed by atoms with Crippen molar-refractivity contribution in [3.05, 3.63) is 29.6 Å². The van der Waals surface area contributed by atoms with E-state index in [-0.39, 0.29) is 11.6 Å². The van der Waals surface area contributed by atoms with Crippen LogP contribution in [0.5, 0.6) is 0 Å². The number of aromatic nitrogens is 1. The molecule has 110 valence electrons. The summed E-state index contributed by atoms with van der Waals surface area (Å²) in [7, 11) is 0. The van der Waals surface area contributed by atoms with Crippen LogP contribution in [0.25, 0.3) is 0 Å². The lowest BCUT2D eigenvalue weighted by atomic mass is 9.77. The molecule has 2 saturated heterocycles. The van der Waals surface area contributed by atoms with Gasteiger partial charge in [0.2, 0.25) is 0 Å². The largest absolute Gasteiger partial charge is 0.375 e. The van der Waals surface area contributed by atoms with Crippen molar-refractivity contribution in [3.63, 3.8) is 0 Å². The van der Waals surface area contributed by atoms with Crippen LogP contribution in [0.1, 0.15) is 42.9 Å². The third kappa shape index (κ3) is 2.87. The van der Waals surface area contributed by atoms with Gasteiger partial charge in [-0.1, -0.05) is 0 Å². The van der Waals surface area contributed by atoms with Gasteiger partial charge in [-0.15, -0.1) is 0 Å². The fraction of sp³-hybridized carbons (Fsp3) is 0.688. The molecule has 1 spiro atoms. The number of ether oxygens (including phenoxy) is 1. The van der Waals surface area contributed by atoms with Crippen molar-refractivity contribution in [1.82, 2.24) is 4.98 Å². The minimum absolute atomic E-state index is 0.0963. The molecule has 1 aromatic rings. The first-order chi connectivity index (χ1) is 9.70. The van der Waals surface area contributed by atoms with Gasteiger partial charge in [-0.2, -0.15) is 11.8 Å². The molecule has 3 heterocycles. The number of hydrogen-bond donors (Lipinski definition) is 1. The highest BCUT2D eigenvalue weighted by Gasteiger charge is 2.40.